The van der Waals surface area contributed by atoms with Crippen LogP contribution in [0.25, 0.3) is 0 Å². The summed E-state index contributed by atoms with van der Waals surface area (Å²) in [6.07, 6.45) is 1.43. The van der Waals surface area contributed by atoms with Crippen molar-refractivity contribution < 1.29 is 38.1 Å². The van der Waals surface area contributed by atoms with Gasteiger partial charge in [0.2, 0.25) is 0 Å². The SMILES string of the molecule is CCC(C)CC(=O)OCCN[C@@H](Cc1ccc(OC(=O)C(C)(C)C)c(OC(=O)C(C)(C)C)c1)C(=O)OC. The number of rotatable bonds is 12. The lowest BCUT2D eigenvalue weighted by molar-refractivity contribution is -0.145. The molecule has 0 aliphatic heterocycles. The van der Waals surface area contributed by atoms with Gasteiger partial charge in [-0.2, -0.15) is 0 Å². The molecule has 1 N–H and O–H groups in total. The first kappa shape index (κ1) is 32.1. The van der Waals surface area contributed by atoms with Gasteiger partial charge in [0.25, 0.3) is 0 Å². The second kappa shape index (κ2) is 14.1. The maximum atomic E-state index is 12.6. The predicted molar refractivity (Wildman–Crippen MR) is 139 cm³/mol. The van der Waals surface area contributed by atoms with E-state index in [-0.39, 0.29) is 43.0 Å². The van der Waals surface area contributed by atoms with Crippen molar-refractivity contribution in [1.29, 1.82) is 0 Å². The molecule has 37 heavy (non-hydrogen) atoms. The summed E-state index contributed by atoms with van der Waals surface area (Å²) in [7, 11) is 1.29. The summed E-state index contributed by atoms with van der Waals surface area (Å²) in [5.74, 6) is -1.33. The summed E-state index contributed by atoms with van der Waals surface area (Å²) in [5.41, 5.74) is -0.907. The van der Waals surface area contributed by atoms with Crippen LogP contribution in [0.1, 0.15) is 73.8 Å². The third kappa shape index (κ3) is 11.3. The molecule has 0 saturated heterocycles. The maximum Gasteiger partial charge on any atom is 0.323 e. The lowest BCUT2D eigenvalue weighted by Crippen LogP contribution is -2.41. The minimum absolute atomic E-state index is 0.0811. The fourth-order valence-corrected chi connectivity index (χ4v) is 2.85. The van der Waals surface area contributed by atoms with Crippen molar-refractivity contribution in [2.24, 2.45) is 16.7 Å². The molecule has 0 aliphatic rings. The summed E-state index contributed by atoms with van der Waals surface area (Å²) in [5, 5.41) is 3.05. The number of carbonyl (C=O) groups excluding carboxylic acids is 4. The molecule has 9 nitrogen and oxygen atoms in total. The van der Waals surface area contributed by atoms with Crippen LogP contribution < -0.4 is 14.8 Å². The van der Waals surface area contributed by atoms with Crippen molar-refractivity contribution in [2.75, 3.05) is 20.3 Å². The Morgan fingerprint density at radius 2 is 1.49 bits per heavy atom. The summed E-state index contributed by atoms with van der Waals surface area (Å²) >= 11 is 0. The van der Waals surface area contributed by atoms with Gasteiger partial charge in [-0.25, -0.2) is 0 Å². The molecule has 1 rings (SSSR count). The summed E-state index contributed by atoms with van der Waals surface area (Å²) in [6, 6.07) is 4.05. The largest absolute Gasteiger partial charge is 0.468 e. The third-order valence-corrected chi connectivity index (χ3v) is 5.53. The number of nitrogens with one attached hydrogen (secondary N) is 1. The second-order valence-electron chi connectivity index (χ2n) is 11.2. The number of benzene rings is 1. The van der Waals surface area contributed by atoms with Gasteiger partial charge in [0, 0.05) is 13.0 Å². The minimum atomic E-state index is -0.788. The molecule has 2 atom stereocenters. The number of hydrogen-bond donors (Lipinski definition) is 1. The smallest absolute Gasteiger partial charge is 0.323 e. The van der Waals surface area contributed by atoms with E-state index >= 15 is 0 Å². The Kier molecular flexibility index (Phi) is 12.2. The average molecular weight is 522 g/mol. The van der Waals surface area contributed by atoms with Crippen LogP contribution in [0.15, 0.2) is 18.2 Å². The van der Waals surface area contributed by atoms with Crippen LogP contribution in [0.3, 0.4) is 0 Å². The maximum absolute atomic E-state index is 12.6. The molecule has 0 fully saturated rings. The molecular formula is C28H43NO8. The Balaban J connectivity index is 3.04. The predicted octanol–water partition coefficient (Wildman–Crippen LogP) is 4.24. The molecule has 0 bridgehead atoms. The summed E-state index contributed by atoms with van der Waals surface area (Å²) in [6.45, 7) is 14.7. The quantitative estimate of drug-likeness (QED) is 0.245. The standard InChI is InChI=1S/C28H43NO8/c1-10-18(2)15-23(30)35-14-13-29-20(24(31)34-9)16-19-11-12-21(36-25(32)27(3,4)5)22(17-19)37-26(33)28(6,7)8/h11-12,17-18,20,29H,10,13-16H2,1-9H3/t18?,20-/m0/s1. The highest BCUT2D eigenvalue weighted by Gasteiger charge is 2.29. The lowest BCUT2D eigenvalue weighted by atomic mass is 9.97. The summed E-state index contributed by atoms with van der Waals surface area (Å²) in [4.78, 5) is 49.3. The van der Waals surface area contributed by atoms with E-state index in [9.17, 15) is 19.2 Å². The highest BCUT2D eigenvalue weighted by molar-refractivity contribution is 5.81. The van der Waals surface area contributed by atoms with Crippen LogP contribution in [0.5, 0.6) is 11.5 Å². The molecule has 1 aromatic rings. The highest BCUT2D eigenvalue weighted by Crippen LogP contribution is 2.33. The molecule has 0 saturated carbocycles. The Morgan fingerprint density at radius 3 is 2.00 bits per heavy atom. The monoisotopic (exact) mass is 521 g/mol. The van der Waals surface area contributed by atoms with E-state index in [1.54, 1.807) is 53.7 Å². The molecule has 9 heteroatoms. The van der Waals surface area contributed by atoms with Gasteiger partial charge >= 0.3 is 23.9 Å². The zero-order valence-corrected chi connectivity index (χ0v) is 23.7. The molecular weight excluding hydrogens is 478 g/mol. The van der Waals surface area contributed by atoms with Crippen molar-refractivity contribution >= 4 is 23.9 Å². The van der Waals surface area contributed by atoms with Crippen LogP contribution in [0, 0.1) is 16.7 Å². The van der Waals surface area contributed by atoms with E-state index in [0.29, 0.717) is 12.0 Å². The number of methoxy groups -OCH3 is 1. The van der Waals surface area contributed by atoms with Crippen LogP contribution in [-0.2, 0) is 35.1 Å². The van der Waals surface area contributed by atoms with Gasteiger partial charge in [-0.05, 0) is 71.6 Å². The van der Waals surface area contributed by atoms with Gasteiger partial charge < -0.3 is 24.3 Å². The summed E-state index contributed by atoms with van der Waals surface area (Å²) < 4.78 is 21.3. The minimum Gasteiger partial charge on any atom is -0.468 e. The first-order valence-electron chi connectivity index (χ1n) is 12.6. The van der Waals surface area contributed by atoms with Crippen LogP contribution >= 0.6 is 0 Å². The number of ether oxygens (including phenoxy) is 4. The molecule has 0 radical (unpaired) electrons. The van der Waals surface area contributed by atoms with Gasteiger partial charge in [-0.1, -0.05) is 26.3 Å². The highest BCUT2D eigenvalue weighted by atomic mass is 16.6. The molecule has 0 aromatic heterocycles. The van der Waals surface area contributed by atoms with Gasteiger partial charge in [-0.3, -0.25) is 19.2 Å². The van der Waals surface area contributed by atoms with Crippen molar-refractivity contribution in [3.63, 3.8) is 0 Å². The van der Waals surface area contributed by atoms with Gasteiger partial charge in [0.15, 0.2) is 11.5 Å². The van der Waals surface area contributed by atoms with Gasteiger partial charge in [0.05, 0.1) is 17.9 Å². The van der Waals surface area contributed by atoms with Crippen molar-refractivity contribution in [2.45, 2.75) is 80.7 Å². The van der Waals surface area contributed by atoms with E-state index < -0.39 is 34.8 Å². The molecule has 0 spiro atoms. The topological polar surface area (TPSA) is 117 Å². The Hall–Kier alpha value is -2.94. The van der Waals surface area contributed by atoms with Crippen LogP contribution in [0.4, 0.5) is 0 Å². The third-order valence-electron chi connectivity index (χ3n) is 5.53. The zero-order chi connectivity index (χ0) is 28.4. The normalized spacial score (nSPS) is 13.3. The molecule has 0 aliphatic carbocycles. The number of carbonyl (C=O) groups is 4. The number of hydrogen-bond acceptors (Lipinski definition) is 9. The molecule has 1 aromatic carbocycles. The molecule has 208 valence electrons. The lowest BCUT2D eigenvalue weighted by Gasteiger charge is -2.21. The fourth-order valence-electron chi connectivity index (χ4n) is 2.85. The fraction of sp³-hybridized carbons (Fsp3) is 0.643. The van der Waals surface area contributed by atoms with E-state index in [0.717, 1.165) is 6.42 Å². The molecule has 0 heterocycles. The van der Waals surface area contributed by atoms with E-state index in [1.807, 2.05) is 13.8 Å². The zero-order valence-electron chi connectivity index (χ0n) is 23.7. The molecule has 0 amide bonds. The van der Waals surface area contributed by atoms with E-state index in [2.05, 4.69) is 5.32 Å². The van der Waals surface area contributed by atoms with Gasteiger partial charge in [-0.15, -0.1) is 0 Å². The average Bonchev–Trinajstić information content (AvgIpc) is 2.80. The Bertz CT molecular complexity index is 942. The van der Waals surface area contributed by atoms with Gasteiger partial charge in [0.1, 0.15) is 12.6 Å². The first-order chi connectivity index (χ1) is 17.1. The van der Waals surface area contributed by atoms with E-state index in [4.69, 9.17) is 18.9 Å². The number of esters is 4. The van der Waals surface area contributed by atoms with Crippen LogP contribution in [-0.4, -0.2) is 50.2 Å². The molecule has 1 unspecified atom stereocenters. The Labute approximate surface area is 220 Å². The Morgan fingerprint density at radius 1 is 0.919 bits per heavy atom. The van der Waals surface area contributed by atoms with Crippen LogP contribution in [0.2, 0.25) is 0 Å². The first-order valence-corrected chi connectivity index (χ1v) is 12.6. The van der Waals surface area contributed by atoms with Crippen molar-refractivity contribution in [3.8, 4) is 11.5 Å². The van der Waals surface area contributed by atoms with Crippen molar-refractivity contribution in [1.82, 2.24) is 5.32 Å². The van der Waals surface area contributed by atoms with Crippen molar-refractivity contribution in [3.05, 3.63) is 23.8 Å². The van der Waals surface area contributed by atoms with E-state index in [1.165, 1.54) is 13.2 Å². The second-order valence-corrected chi connectivity index (χ2v) is 11.2.